The summed E-state index contributed by atoms with van der Waals surface area (Å²) in [6.45, 7) is 7.27. The van der Waals surface area contributed by atoms with Crippen molar-refractivity contribution in [2.75, 3.05) is 6.61 Å². The average molecular weight is 344 g/mol. The van der Waals surface area contributed by atoms with Crippen molar-refractivity contribution >= 4 is 23.0 Å². The molecule has 1 amide bonds. The molecule has 0 radical (unpaired) electrons. The molecule has 6 nitrogen and oxygen atoms in total. The molecule has 0 saturated carbocycles. The number of alkyl carbamates (subject to hydrolysis) is 1. The third-order valence-electron chi connectivity index (χ3n) is 3.37. The molecule has 1 N–H and O–H groups in total. The molecule has 0 aliphatic carbocycles. The summed E-state index contributed by atoms with van der Waals surface area (Å²) in [7, 11) is 0. The standard InChI is InChI=1S/C19H24N2O4/c1-5-24-17(22)16(21-18(23)25-19(2,3)4)12-13-8-9-15-14(11-13)7-6-10-20-15/h6-11,16H,5,12H2,1-4H3,(H,21,23). The Morgan fingerprint density at radius 1 is 1.24 bits per heavy atom. The van der Waals surface area contributed by atoms with E-state index in [0.717, 1.165) is 16.5 Å². The zero-order chi connectivity index (χ0) is 18.4. The number of amides is 1. The highest BCUT2D eigenvalue weighted by Gasteiger charge is 2.25. The molecule has 0 aliphatic heterocycles. The fraction of sp³-hybridized carbons (Fsp3) is 0.421. The van der Waals surface area contributed by atoms with E-state index in [0.29, 0.717) is 6.42 Å². The summed E-state index contributed by atoms with van der Waals surface area (Å²) in [4.78, 5) is 28.5. The number of hydrogen-bond donors (Lipinski definition) is 1. The zero-order valence-corrected chi connectivity index (χ0v) is 15.0. The highest BCUT2D eigenvalue weighted by atomic mass is 16.6. The monoisotopic (exact) mass is 344 g/mol. The van der Waals surface area contributed by atoms with Crippen LogP contribution in [0.2, 0.25) is 0 Å². The molecule has 0 bridgehead atoms. The number of pyridine rings is 1. The van der Waals surface area contributed by atoms with Crippen LogP contribution in [0.5, 0.6) is 0 Å². The molecule has 1 heterocycles. The number of carbonyl (C=O) groups is 2. The Morgan fingerprint density at radius 2 is 2.00 bits per heavy atom. The topological polar surface area (TPSA) is 77.5 Å². The van der Waals surface area contributed by atoms with E-state index in [2.05, 4.69) is 10.3 Å². The third-order valence-corrected chi connectivity index (χ3v) is 3.37. The first-order chi connectivity index (χ1) is 11.8. The van der Waals surface area contributed by atoms with Gasteiger partial charge in [0.2, 0.25) is 0 Å². The van der Waals surface area contributed by atoms with E-state index in [-0.39, 0.29) is 6.61 Å². The predicted molar refractivity (Wildman–Crippen MR) is 95.2 cm³/mol. The normalized spacial score (nSPS) is 12.5. The molecule has 1 aromatic heterocycles. The molecular formula is C19H24N2O4. The SMILES string of the molecule is CCOC(=O)C(Cc1ccc2ncccc2c1)NC(=O)OC(C)(C)C. The van der Waals surface area contributed by atoms with E-state index in [1.807, 2.05) is 30.3 Å². The van der Waals surface area contributed by atoms with Crippen LogP contribution in [0.25, 0.3) is 10.9 Å². The van der Waals surface area contributed by atoms with Crippen LogP contribution < -0.4 is 5.32 Å². The summed E-state index contributed by atoms with van der Waals surface area (Å²) in [5, 5.41) is 3.58. The molecule has 6 heteroatoms. The lowest BCUT2D eigenvalue weighted by atomic mass is 10.0. The van der Waals surface area contributed by atoms with Crippen LogP contribution in [0.4, 0.5) is 4.79 Å². The molecule has 0 fully saturated rings. The maximum Gasteiger partial charge on any atom is 0.408 e. The quantitative estimate of drug-likeness (QED) is 0.843. The number of hydrogen-bond acceptors (Lipinski definition) is 5. The smallest absolute Gasteiger partial charge is 0.408 e. The van der Waals surface area contributed by atoms with Gasteiger partial charge in [-0.2, -0.15) is 0 Å². The molecule has 2 aromatic rings. The van der Waals surface area contributed by atoms with Crippen LogP contribution in [0, 0.1) is 0 Å². The largest absolute Gasteiger partial charge is 0.464 e. The molecule has 0 aliphatic rings. The van der Waals surface area contributed by atoms with Crippen LogP contribution >= 0.6 is 0 Å². The van der Waals surface area contributed by atoms with Gasteiger partial charge in [-0.05, 0) is 51.5 Å². The lowest BCUT2D eigenvalue weighted by Crippen LogP contribution is -2.45. The van der Waals surface area contributed by atoms with Crippen LogP contribution in [-0.4, -0.2) is 35.3 Å². The molecule has 1 atom stereocenters. The lowest BCUT2D eigenvalue weighted by Gasteiger charge is -2.23. The molecule has 0 spiro atoms. The van der Waals surface area contributed by atoms with Crippen molar-refractivity contribution in [2.45, 2.75) is 45.8 Å². The number of rotatable bonds is 5. The second-order valence-corrected chi connectivity index (χ2v) is 6.69. The number of nitrogens with zero attached hydrogens (tertiary/aromatic N) is 1. The van der Waals surface area contributed by atoms with Crippen molar-refractivity contribution in [3.8, 4) is 0 Å². The van der Waals surface area contributed by atoms with Gasteiger partial charge < -0.3 is 14.8 Å². The summed E-state index contributed by atoms with van der Waals surface area (Å²) in [5.41, 5.74) is 1.13. The van der Waals surface area contributed by atoms with E-state index in [1.165, 1.54) is 0 Å². The highest BCUT2D eigenvalue weighted by Crippen LogP contribution is 2.15. The minimum Gasteiger partial charge on any atom is -0.464 e. The van der Waals surface area contributed by atoms with Crippen molar-refractivity contribution < 1.29 is 19.1 Å². The van der Waals surface area contributed by atoms with E-state index < -0.39 is 23.7 Å². The zero-order valence-electron chi connectivity index (χ0n) is 15.0. The summed E-state index contributed by atoms with van der Waals surface area (Å²) in [6.07, 6.45) is 1.39. The molecule has 2 rings (SSSR count). The summed E-state index contributed by atoms with van der Waals surface area (Å²) >= 11 is 0. The first-order valence-corrected chi connectivity index (χ1v) is 8.28. The second-order valence-electron chi connectivity index (χ2n) is 6.69. The van der Waals surface area contributed by atoms with Gasteiger partial charge in [0, 0.05) is 18.0 Å². The molecule has 0 saturated heterocycles. The number of fused-ring (bicyclic) bond motifs is 1. The van der Waals surface area contributed by atoms with E-state index in [1.54, 1.807) is 33.9 Å². The summed E-state index contributed by atoms with van der Waals surface area (Å²) in [6, 6.07) is 8.72. The van der Waals surface area contributed by atoms with Crippen LogP contribution in [0.15, 0.2) is 36.5 Å². The van der Waals surface area contributed by atoms with Crippen molar-refractivity contribution in [1.29, 1.82) is 0 Å². The van der Waals surface area contributed by atoms with Gasteiger partial charge in [-0.1, -0.05) is 12.1 Å². The van der Waals surface area contributed by atoms with Gasteiger partial charge in [0.25, 0.3) is 0 Å². The number of ether oxygens (including phenoxy) is 2. The molecule has 25 heavy (non-hydrogen) atoms. The first-order valence-electron chi connectivity index (χ1n) is 8.28. The second kappa shape index (κ2) is 7.96. The van der Waals surface area contributed by atoms with Crippen molar-refractivity contribution in [1.82, 2.24) is 10.3 Å². The fourth-order valence-corrected chi connectivity index (χ4v) is 2.37. The van der Waals surface area contributed by atoms with Gasteiger partial charge in [0.1, 0.15) is 11.6 Å². The number of nitrogens with one attached hydrogen (secondary N) is 1. The Labute approximate surface area is 147 Å². The number of benzene rings is 1. The van der Waals surface area contributed by atoms with Gasteiger partial charge in [-0.15, -0.1) is 0 Å². The van der Waals surface area contributed by atoms with Crippen molar-refractivity contribution in [3.05, 3.63) is 42.1 Å². The van der Waals surface area contributed by atoms with E-state index in [4.69, 9.17) is 9.47 Å². The van der Waals surface area contributed by atoms with Gasteiger partial charge in [0.15, 0.2) is 0 Å². The Morgan fingerprint density at radius 3 is 2.68 bits per heavy atom. The Hall–Kier alpha value is -2.63. The minimum absolute atomic E-state index is 0.243. The van der Waals surface area contributed by atoms with Crippen LogP contribution in [0.1, 0.15) is 33.3 Å². The highest BCUT2D eigenvalue weighted by molar-refractivity contribution is 5.83. The summed E-state index contributed by atoms with van der Waals surface area (Å²) in [5.74, 6) is -0.486. The minimum atomic E-state index is -0.816. The number of carbonyl (C=O) groups excluding carboxylic acids is 2. The van der Waals surface area contributed by atoms with Gasteiger partial charge in [-0.25, -0.2) is 9.59 Å². The van der Waals surface area contributed by atoms with E-state index >= 15 is 0 Å². The van der Waals surface area contributed by atoms with Gasteiger partial charge in [0.05, 0.1) is 12.1 Å². The fourth-order valence-electron chi connectivity index (χ4n) is 2.37. The Balaban J connectivity index is 2.16. The van der Waals surface area contributed by atoms with Crippen LogP contribution in [-0.2, 0) is 20.7 Å². The molecule has 1 unspecified atom stereocenters. The Kier molecular flexibility index (Phi) is 5.96. The lowest BCUT2D eigenvalue weighted by molar-refractivity contribution is -0.145. The first kappa shape index (κ1) is 18.7. The Bertz CT molecular complexity index is 752. The van der Waals surface area contributed by atoms with Crippen molar-refractivity contribution in [3.63, 3.8) is 0 Å². The molecule has 1 aromatic carbocycles. The molecular weight excluding hydrogens is 320 g/mol. The maximum atomic E-state index is 12.2. The maximum absolute atomic E-state index is 12.2. The van der Waals surface area contributed by atoms with E-state index in [9.17, 15) is 9.59 Å². The summed E-state index contributed by atoms with van der Waals surface area (Å²) < 4.78 is 10.3. The predicted octanol–water partition coefficient (Wildman–Crippen LogP) is 3.23. The average Bonchev–Trinajstić information content (AvgIpc) is 2.52. The number of aromatic nitrogens is 1. The third kappa shape index (κ3) is 5.74. The van der Waals surface area contributed by atoms with Crippen molar-refractivity contribution in [2.24, 2.45) is 0 Å². The van der Waals surface area contributed by atoms with Gasteiger partial charge in [-0.3, -0.25) is 4.98 Å². The number of esters is 1. The van der Waals surface area contributed by atoms with Gasteiger partial charge >= 0.3 is 12.1 Å². The molecule has 134 valence electrons. The van der Waals surface area contributed by atoms with Crippen LogP contribution in [0.3, 0.4) is 0 Å².